The largest absolute Gasteiger partial charge is 0.351 e. The Hall–Kier alpha value is -2.25. The van der Waals surface area contributed by atoms with Gasteiger partial charge in [0, 0.05) is 0 Å². The summed E-state index contributed by atoms with van der Waals surface area (Å²) >= 11 is 7.09. The lowest BCUT2D eigenvalue weighted by molar-refractivity contribution is -0.117. The number of Topliss-reactive ketones (excluding diaryl/α,β-unsaturated/α-hetero) is 1. The molecule has 1 aliphatic rings. The number of hydrogen-bond acceptors (Lipinski definition) is 5. The number of nitrogens with zero attached hydrogens (tertiary/aromatic N) is 2. The van der Waals surface area contributed by atoms with Gasteiger partial charge in [-0.15, -0.1) is 11.3 Å². The second-order valence-electron chi connectivity index (χ2n) is 4.84. The van der Waals surface area contributed by atoms with Gasteiger partial charge >= 0.3 is 6.03 Å². The van der Waals surface area contributed by atoms with Crippen LogP contribution in [-0.4, -0.2) is 22.7 Å². The van der Waals surface area contributed by atoms with Crippen LogP contribution in [0.4, 0.5) is 10.5 Å². The van der Waals surface area contributed by atoms with Gasteiger partial charge < -0.3 is 5.73 Å². The highest BCUT2D eigenvalue weighted by Crippen LogP contribution is 2.39. The number of pyridine rings is 1. The van der Waals surface area contributed by atoms with Crippen molar-refractivity contribution in [3.8, 4) is 0 Å². The first-order chi connectivity index (χ1) is 10.4. The fourth-order valence-electron chi connectivity index (χ4n) is 2.38. The van der Waals surface area contributed by atoms with Crippen LogP contribution in [0.5, 0.6) is 0 Å². The molecule has 0 saturated heterocycles. The zero-order valence-corrected chi connectivity index (χ0v) is 12.9. The van der Waals surface area contributed by atoms with Crippen LogP contribution >= 0.6 is 22.9 Å². The van der Waals surface area contributed by atoms with E-state index in [4.69, 9.17) is 17.3 Å². The molecule has 6 nitrogen and oxygen atoms in total. The Morgan fingerprint density at radius 2 is 2.14 bits per heavy atom. The maximum absolute atomic E-state index is 12.6. The van der Waals surface area contributed by atoms with E-state index in [1.807, 2.05) is 12.3 Å². The Bertz CT molecular complexity index is 817. The highest BCUT2D eigenvalue weighted by molar-refractivity contribution is 7.12. The molecular formula is C14H10ClN3O3S. The third kappa shape index (κ3) is 2.18. The van der Waals surface area contributed by atoms with Gasteiger partial charge in [-0.1, -0.05) is 11.6 Å². The molecule has 0 spiro atoms. The van der Waals surface area contributed by atoms with Crippen LogP contribution in [0.2, 0.25) is 5.15 Å². The van der Waals surface area contributed by atoms with Crippen LogP contribution in [0, 0.1) is 6.92 Å². The van der Waals surface area contributed by atoms with E-state index in [-0.39, 0.29) is 16.5 Å². The highest BCUT2D eigenvalue weighted by atomic mass is 35.5. The molecule has 2 N–H and O–H groups in total. The molecule has 0 fully saturated rings. The van der Waals surface area contributed by atoms with Crippen LogP contribution in [0.1, 0.15) is 26.8 Å². The van der Waals surface area contributed by atoms with E-state index < -0.39 is 23.6 Å². The molecule has 2 aromatic rings. The highest BCUT2D eigenvalue weighted by Gasteiger charge is 2.46. The summed E-state index contributed by atoms with van der Waals surface area (Å²) in [7, 11) is 0. The molecule has 3 amide bonds. The van der Waals surface area contributed by atoms with Gasteiger partial charge in [-0.05, 0) is 36.1 Å². The number of thiophene rings is 1. The van der Waals surface area contributed by atoms with Crippen LogP contribution in [0.25, 0.3) is 0 Å². The van der Waals surface area contributed by atoms with Gasteiger partial charge in [-0.3, -0.25) is 9.59 Å². The summed E-state index contributed by atoms with van der Waals surface area (Å²) in [5.41, 5.74) is 6.53. The molecule has 3 rings (SSSR count). The van der Waals surface area contributed by atoms with Crippen LogP contribution in [-0.2, 0) is 4.79 Å². The second kappa shape index (κ2) is 5.19. The number of fused-ring (bicyclic) bond motifs is 1. The molecule has 0 radical (unpaired) electrons. The van der Waals surface area contributed by atoms with Gasteiger partial charge in [0.2, 0.25) is 0 Å². The molecule has 22 heavy (non-hydrogen) atoms. The fraction of sp³-hybridized carbons (Fsp3) is 0.143. The number of rotatable bonds is 2. The summed E-state index contributed by atoms with van der Waals surface area (Å²) in [6.45, 7) is 1.85. The molecule has 0 aromatic carbocycles. The summed E-state index contributed by atoms with van der Waals surface area (Å²) in [6, 6.07) is 3.64. The van der Waals surface area contributed by atoms with Crippen molar-refractivity contribution in [2.75, 3.05) is 4.90 Å². The molecule has 0 saturated carbocycles. The standard InChI is InChI=1S/C14H10ClN3O3S/c1-6-4-8(22-5-6)12(19)10-11-7(2-3-9(15)17-11)18(13(10)20)14(16)21/h2-5,10H,1H3,(H2,16,21). The summed E-state index contributed by atoms with van der Waals surface area (Å²) in [4.78, 5) is 41.9. The third-order valence-electron chi connectivity index (χ3n) is 3.31. The minimum absolute atomic E-state index is 0.137. The maximum atomic E-state index is 12.6. The number of primary amides is 1. The Kier molecular flexibility index (Phi) is 3.46. The number of anilines is 1. The molecule has 1 aliphatic heterocycles. The molecule has 1 atom stereocenters. The van der Waals surface area contributed by atoms with Crippen molar-refractivity contribution in [2.45, 2.75) is 12.8 Å². The normalized spacial score (nSPS) is 16.7. The summed E-state index contributed by atoms with van der Waals surface area (Å²) < 4.78 is 0. The number of amides is 3. The first-order valence-corrected chi connectivity index (χ1v) is 7.55. The van der Waals surface area contributed by atoms with Crippen molar-refractivity contribution >= 4 is 46.3 Å². The van der Waals surface area contributed by atoms with E-state index in [9.17, 15) is 14.4 Å². The zero-order valence-electron chi connectivity index (χ0n) is 11.4. The van der Waals surface area contributed by atoms with Crippen LogP contribution in [0.3, 0.4) is 0 Å². The SMILES string of the molecule is Cc1csc(C(=O)C2C(=O)N(C(N)=O)c3ccc(Cl)nc32)c1. The van der Waals surface area contributed by atoms with Crippen LogP contribution in [0.15, 0.2) is 23.6 Å². The predicted octanol–water partition coefficient (Wildman–Crippen LogP) is 2.50. The second-order valence-corrected chi connectivity index (χ2v) is 6.13. The Morgan fingerprint density at radius 1 is 1.41 bits per heavy atom. The number of ketones is 1. The third-order valence-corrected chi connectivity index (χ3v) is 4.58. The molecule has 1 unspecified atom stereocenters. The van der Waals surface area contributed by atoms with Gasteiger partial charge in [0.1, 0.15) is 11.1 Å². The first-order valence-electron chi connectivity index (χ1n) is 6.29. The molecule has 3 heterocycles. The number of halogens is 1. The van der Waals surface area contributed by atoms with E-state index >= 15 is 0 Å². The summed E-state index contributed by atoms with van der Waals surface area (Å²) in [5.74, 6) is -2.31. The number of aryl methyl sites for hydroxylation is 1. The smallest absolute Gasteiger partial charge is 0.326 e. The van der Waals surface area contributed by atoms with E-state index in [0.29, 0.717) is 4.88 Å². The number of carbonyl (C=O) groups excluding carboxylic acids is 3. The van der Waals surface area contributed by atoms with Crippen molar-refractivity contribution in [1.29, 1.82) is 0 Å². The van der Waals surface area contributed by atoms with Crippen molar-refractivity contribution in [2.24, 2.45) is 5.73 Å². The molecule has 0 bridgehead atoms. The topological polar surface area (TPSA) is 93.4 Å². The quantitative estimate of drug-likeness (QED) is 0.518. The number of carbonyl (C=O) groups is 3. The number of nitrogens with two attached hydrogens (primary N) is 1. The zero-order chi connectivity index (χ0) is 16.0. The minimum atomic E-state index is -1.20. The van der Waals surface area contributed by atoms with Crippen molar-refractivity contribution in [1.82, 2.24) is 4.98 Å². The van der Waals surface area contributed by atoms with Gasteiger partial charge in [0.15, 0.2) is 5.78 Å². The van der Waals surface area contributed by atoms with E-state index in [0.717, 1.165) is 10.5 Å². The lowest BCUT2D eigenvalue weighted by Gasteiger charge is -2.11. The first kappa shape index (κ1) is 14.7. The van der Waals surface area contributed by atoms with Crippen molar-refractivity contribution in [3.05, 3.63) is 44.9 Å². The fourth-order valence-corrected chi connectivity index (χ4v) is 3.40. The van der Waals surface area contributed by atoms with Crippen molar-refractivity contribution in [3.63, 3.8) is 0 Å². The lowest BCUT2D eigenvalue weighted by atomic mass is 9.99. The van der Waals surface area contributed by atoms with E-state index in [1.54, 1.807) is 6.07 Å². The Labute approximate surface area is 134 Å². The molecule has 8 heteroatoms. The molecule has 112 valence electrons. The average Bonchev–Trinajstić information content (AvgIpc) is 2.98. The Balaban J connectivity index is 2.12. The number of imide groups is 1. The summed E-state index contributed by atoms with van der Waals surface area (Å²) in [5, 5.41) is 1.95. The number of aromatic nitrogens is 1. The van der Waals surface area contributed by atoms with Gasteiger partial charge in [-0.25, -0.2) is 14.7 Å². The van der Waals surface area contributed by atoms with Gasteiger partial charge in [0.25, 0.3) is 5.91 Å². The van der Waals surface area contributed by atoms with E-state index in [1.165, 1.54) is 23.5 Å². The Morgan fingerprint density at radius 3 is 2.73 bits per heavy atom. The van der Waals surface area contributed by atoms with Gasteiger partial charge in [0.05, 0.1) is 16.3 Å². The average molecular weight is 336 g/mol. The number of hydrogen-bond donors (Lipinski definition) is 1. The molecule has 0 aliphatic carbocycles. The van der Waals surface area contributed by atoms with Gasteiger partial charge in [-0.2, -0.15) is 0 Å². The lowest BCUT2D eigenvalue weighted by Crippen LogP contribution is -2.40. The number of urea groups is 1. The van der Waals surface area contributed by atoms with Crippen LogP contribution < -0.4 is 10.6 Å². The molecule has 2 aromatic heterocycles. The maximum Gasteiger partial charge on any atom is 0.326 e. The van der Waals surface area contributed by atoms with Crippen molar-refractivity contribution < 1.29 is 14.4 Å². The summed E-state index contributed by atoms with van der Waals surface area (Å²) in [6.07, 6.45) is 0. The molecular weight excluding hydrogens is 326 g/mol. The predicted molar refractivity (Wildman–Crippen MR) is 82.4 cm³/mol. The van der Waals surface area contributed by atoms with E-state index in [2.05, 4.69) is 4.98 Å². The monoisotopic (exact) mass is 335 g/mol. The minimum Gasteiger partial charge on any atom is -0.351 e.